The summed E-state index contributed by atoms with van der Waals surface area (Å²) in [5.41, 5.74) is 1.08. The van der Waals surface area contributed by atoms with Gasteiger partial charge in [0.1, 0.15) is 17.9 Å². The fourth-order valence-corrected chi connectivity index (χ4v) is 3.41. The summed E-state index contributed by atoms with van der Waals surface area (Å²) in [5, 5.41) is 18.5. The summed E-state index contributed by atoms with van der Waals surface area (Å²) in [6, 6.07) is 9.08. The zero-order valence-electron chi connectivity index (χ0n) is 13.4. The highest BCUT2D eigenvalue weighted by Gasteiger charge is 2.50. The first-order valence-corrected chi connectivity index (χ1v) is 8.07. The third-order valence-corrected chi connectivity index (χ3v) is 4.64. The summed E-state index contributed by atoms with van der Waals surface area (Å²) >= 11 is 0. The molecule has 5 atom stereocenters. The molecule has 2 bridgehead atoms. The number of nitrogens with zero attached hydrogens (tertiary/aromatic N) is 2. The molecule has 0 saturated carbocycles. The van der Waals surface area contributed by atoms with Crippen LogP contribution in [-0.4, -0.2) is 53.1 Å². The van der Waals surface area contributed by atoms with E-state index in [-0.39, 0.29) is 18.2 Å². The minimum Gasteiger partial charge on any atom is -0.497 e. The maximum absolute atomic E-state index is 10.9. The fourth-order valence-electron chi connectivity index (χ4n) is 3.41. The van der Waals surface area contributed by atoms with Gasteiger partial charge in [-0.3, -0.25) is 4.68 Å². The van der Waals surface area contributed by atoms with Crippen molar-refractivity contribution in [2.45, 2.75) is 37.1 Å². The second-order valence-corrected chi connectivity index (χ2v) is 6.10. The molecule has 7 heteroatoms. The summed E-state index contributed by atoms with van der Waals surface area (Å²) in [7, 11) is 1.65. The largest absolute Gasteiger partial charge is 0.497 e. The summed E-state index contributed by atoms with van der Waals surface area (Å²) in [4.78, 5) is 0. The average Bonchev–Trinajstić information content (AvgIpc) is 3.27. The van der Waals surface area contributed by atoms with Gasteiger partial charge in [-0.25, -0.2) is 0 Å². The number of benzene rings is 1. The molecular weight excluding hydrogens is 310 g/mol. The van der Waals surface area contributed by atoms with E-state index in [2.05, 4.69) is 10.4 Å². The number of ether oxygens (including phenoxy) is 3. The van der Waals surface area contributed by atoms with Crippen LogP contribution in [0.3, 0.4) is 0 Å². The molecule has 4 rings (SSSR count). The number of hydrogen-bond acceptors (Lipinski definition) is 6. The first-order chi connectivity index (χ1) is 11.8. The molecule has 2 aromatic rings. The summed E-state index contributed by atoms with van der Waals surface area (Å²) in [5.74, 6) is 0.813. The second kappa shape index (κ2) is 6.52. The van der Waals surface area contributed by atoms with Crippen molar-refractivity contribution in [3.8, 4) is 5.75 Å². The van der Waals surface area contributed by atoms with Crippen molar-refractivity contribution in [3.63, 3.8) is 0 Å². The van der Waals surface area contributed by atoms with Gasteiger partial charge in [0.25, 0.3) is 0 Å². The van der Waals surface area contributed by atoms with Gasteiger partial charge < -0.3 is 24.6 Å². The molecule has 2 aliphatic heterocycles. The minimum absolute atomic E-state index is 0.164. The Morgan fingerprint density at radius 1 is 1.42 bits per heavy atom. The van der Waals surface area contributed by atoms with Crippen molar-refractivity contribution in [2.24, 2.45) is 0 Å². The Hall–Kier alpha value is -1.93. The van der Waals surface area contributed by atoms with E-state index in [0.717, 1.165) is 11.3 Å². The van der Waals surface area contributed by atoms with Crippen LogP contribution in [0.4, 0.5) is 0 Å². The van der Waals surface area contributed by atoms with Crippen molar-refractivity contribution in [3.05, 3.63) is 48.3 Å². The molecule has 2 saturated heterocycles. The van der Waals surface area contributed by atoms with Crippen LogP contribution < -0.4 is 10.1 Å². The quantitative estimate of drug-likeness (QED) is 0.840. The number of rotatable bonds is 5. The normalized spacial score (nSPS) is 32.0. The topological polar surface area (TPSA) is 77.8 Å². The summed E-state index contributed by atoms with van der Waals surface area (Å²) < 4.78 is 18.6. The number of nitrogens with one attached hydrogen (secondary N) is 1. The molecule has 7 nitrogen and oxygen atoms in total. The maximum Gasteiger partial charge on any atom is 0.183 e. The third kappa shape index (κ3) is 2.80. The van der Waals surface area contributed by atoms with Crippen LogP contribution in [0.15, 0.2) is 42.7 Å². The molecule has 5 unspecified atom stereocenters. The van der Waals surface area contributed by atoms with Crippen molar-refractivity contribution < 1.29 is 19.3 Å². The Balaban J connectivity index is 1.49. The molecule has 2 aliphatic rings. The van der Waals surface area contributed by atoms with Gasteiger partial charge in [-0.1, -0.05) is 12.1 Å². The predicted molar refractivity (Wildman–Crippen MR) is 85.5 cm³/mol. The Bertz CT molecular complexity index is 678. The van der Waals surface area contributed by atoms with Gasteiger partial charge in [-0.2, -0.15) is 5.10 Å². The van der Waals surface area contributed by atoms with Crippen molar-refractivity contribution in [1.82, 2.24) is 15.1 Å². The molecule has 2 N–H and O–H groups in total. The number of aliphatic hydroxyl groups excluding tert-OH is 1. The summed E-state index contributed by atoms with van der Waals surface area (Å²) in [6.07, 6.45) is 2.23. The lowest BCUT2D eigenvalue weighted by Crippen LogP contribution is -2.57. The molecular formula is C17H21N3O4. The number of aliphatic hydroxyl groups is 1. The zero-order chi connectivity index (χ0) is 16.5. The first-order valence-electron chi connectivity index (χ1n) is 8.07. The Morgan fingerprint density at radius 2 is 2.33 bits per heavy atom. The van der Waals surface area contributed by atoms with Crippen LogP contribution in [0.25, 0.3) is 0 Å². The van der Waals surface area contributed by atoms with E-state index in [4.69, 9.17) is 14.2 Å². The zero-order valence-corrected chi connectivity index (χ0v) is 13.4. The monoisotopic (exact) mass is 331 g/mol. The van der Waals surface area contributed by atoms with Crippen LogP contribution >= 0.6 is 0 Å². The smallest absolute Gasteiger partial charge is 0.183 e. The molecule has 0 aliphatic carbocycles. The Kier molecular flexibility index (Phi) is 4.24. The van der Waals surface area contributed by atoms with Crippen LogP contribution in [0.2, 0.25) is 0 Å². The van der Waals surface area contributed by atoms with Gasteiger partial charge in [-0.15, -0.1) is 0 Å². The average molecular weight is 331 g/mol. The van der Waals surface area contributed by atoms with Crippen molar-refractivity contribution >= 4 is 0 Å². The van der Waals surface area contributed by atoms with E-state index in [9.17, 15) is 5.11 Å². The molecule has 0 radical (unpaired) electrons. The van der Waals surface area contributed by atoms with Crippen LogP contribution in [0.5, 0.6) is 5.75 Å². The van der Waals surface area contributed by atoms with Gasteiger partial charge in [0.15, 0.2) is 6.29 Å². The van der Waals surface area contributed by atoms with Crippen LogP contribution in [0.1, 0.15) is 11.6 Å². The maximum atomic E-state index is 10.9. The number of fused-ring (bicyclic) bond motifs is 2. The van der Waals surface area contributed by atoms with Crippen molar-refractivity contribution in [1.29, 1.82) is 0 Å². The lowest BCUT2D eigenvalue weighted by molar-refractivity contribution is -0.168. The molecule has 0 amide bonds. The van der Waals surface area contributed by atoms with Gasteiger partial charge in [0.2, 0.25) is 0 Å². The number of aromatic nitrogens is 2. The lowest BCUT2D eigenvalue weighted by atomic mass is 9.96. The Morgan fingerprint density at radius 3 is 3.12 bits per heavy atom. The van der Waals surface area contributed by atoms with Crippen LogP contribution in [0, 0.1) is 0 Å². The van der Waals surface area contributed by atoms with Gasteiger partial charge in [-0.05, 0) is 23.8 Å². The van der Waals surface area contributed by atoms with Gasteiger partial charge >= 0.3 is 0 Å². The van der Waals surface area contributed by atoms with Crippen LogP contribution in [-0.2, 0) is 16.0 Å². The molecule has 1 aromatic heterocycles. The molecule has 2 fully saturated rings. The predicted octanol–water partition coefficient (Wildman–Crippen LogP) is 0.707. The van der Waals surface area contributed by atoms with E-state index in [1.165, 1.54) is 0 Å². The SMILES string of the molecule is COc1cccc(CNC2C3COC(O3)C(n3cccn3)C2O)c1. The minimum atomic E-state index is -0.651. The highest BCUT2D eigenvalue weighted by molar-refractivity contribution is 5.28. The number of hydrogen-bond donors (Lipinski definition) is 2. The molecule has 1 aromatic carbocycles. The molecule has 24 heavy (non-hydrogen) atoms. The fraction of sp³-hybridized carbons (Fsp3) is 0.471. The Labute approximate surface area is 140 Å². The van der Waals surface area contributed by atoms with Crippen molar-refractivity contribution in [2.75, 3.05) is 13.7 Å². The molecule has 0 spiro atoms. The standard InChI is InChI=1S/C17H21N3O4/c1-22-12-5-2-4-11(8-12)9-18-14-13-10-23-17(24-13)15(16(14)21)20-7-3-6-19-20/h2-8,13-18,21H,9-10H2,1H3. The molecule has 3 heterocycles. The number of methoxy groups -OCH3 is 1. The lowest BCUT2D eigenvalue weighted by Gasteiger charge is -2.38. The van der Waals surface area contributed by atoms with Gasteiger partial charge in [0, 0.05) is 18.9 Å². The van der Waals surface area contributed by atoms with E-state index in [1.807, 2.05) is 36.5 Å². The van der Waals surface area contributed by atoms with E-state index in [0.29, 0.717) is 13.2 Å². The highest BCUT2D eigenvalue weighted by Crippen LogP contribution is 2.35. The second-order valence-electron chi connectivity index (χ2n) is 6.10. The molecule has 128 valence electrons. The third-order valence-electron chi connectivity index (χ3n) is 4.64. The highest BCUT2D eigenvalue weighted by atomic mass is 16.7. The first kappa shape index (κ1) is 15.6. The van der Waals surface area contributed by atoms with Gasteiger partial charge in [0.05, 0.1) is 25.9 Å². The summed E-state index contributed by atoms with van der Waals surface area (Å²) in [6.45, 7) is 1.07. The van der Waals surface area contributed by atoms with E-state index >= 15 is 0 Å². The van der Waals surface area contributed by atoms with E-state index < -0.39 is 12.4 Å². The van der Waals surface area contributed by atoms with E-state index in [1.54, 1.807) is 18.0 Å².